The second-order valence-electron chi connectivity index (χ2n) is 5.81. The molecule has 3 aromatic rings. The molecule has 0 radical (unpaired) electrons. The van der Waals surface area contributed by atoms with E-state index in [1.165, 1.54) is 12.1 Å². The Hall–Kier alpha value is -2.70. The van der Waals surface area contributed by atoms with Crippen molar-refractivity contribution in [2.75, 3.05) is 0 Å². The molecule has 4 rings (SSSR count). The van der Waals surface area contributed by atoms with Crippen LogP contribution in [0.4, 0.5) is 13.2 Å². The van der Waals surface area contributed by atoms with Gasteiger partial charge in [-0.15, -0.1) is 0 Å². The second-order valence-corrected chi connectivity index (χ2v) is 5.81. The van der Waals surface area contributed by atoms with Gasteiger partial charge in [0, 0.05) is 17.8 Å². The highest BCUT2D eigenvalue weighted by Gasteiger charge is 2.31. The lowest BCUT2D eigenvalue weighted by atomic mass is 10.1. The van der Waals surface area contributed by atoms with Crippen LogP contribution in [0.15, 0.2) is 47.5 Å². The van der Waals surface area contributed by atoms with Crippen molar-refractivity contribution in [1.29, 1.82) is 0 Å². The highest BCUT2D eigenvalue weighted by Crippen LogP contribution is 2.36. The van der Waals surface area contributed by atoms with Gasteiger partial charge >= 0.3 is 6.18 Å². The van der Waals surface area contributed by atoms with Crippen LogP contribution in [0.25, 0.3) is 22.3 Å². The zero-order valence-corrected chi connectivity index (χ0v) is 12.4. The minimum absolute atomic E-state index is 0.124. The molecular formula is C17H12F3N3O. The van der Waals surface area contributed by atoms with Gasteiger partial charge in [-0.1, -0.05) is 12.1 Å². The third-order valence-corrected chi connectivity index (χ3v) is 4.09. The summed E-state index contributed by atoms with van der Waals surface area (Å²) in [4.78, 5) is 21.2. The van der Waals surface area contributed by atoms with Gasteiger partial charge in [0.05, 0.1) is 17.3 Å². The van der Waals surface area contributed by atoms with E-state index in [9.17, 15) is 18.0 Å². The summed E-state index contributed by atoms with van der Waals surface area (Å²) in [6, 6.07) is 6.35. The Kier molecular flexibility index (Phi) is 3.19. The van der Waals surface area contributed by atoms with Crippen LogP contribution in [0, 0.1) is 0 Å². The van der Waals surface area contributed by atoms with Gasteiger partial charge in [-0.2, -0.15) is 13.2 Å². The monoisotopic (exact) mass is 331 g/mol. The summed E-state index contributed by atoms with van der Waals surface area (Å²) >= 11 is 0. The van der Waals surface area contributed by atoms with Crippen molar-refractivity contribution in [1.82, 2.24) is 14.5 Å². The SMILES string of the molecule is O=c1c(-c2ccc(C(F)(F)F)cc2)nc2cnccc2n1C1CC1. The van der Waals surface area contributed by atoms with Gasteiger partial charge in [0.25, 0.3) is 5.56 Å². The smallest absolute Gasteiger partial charge is 0.302 e. The number of rotatable bonds is 2. The lowest BCUT2D eigenvalue weighted by Gasteiger charge is -2.12. The topological polar surface area (TPSA) is 47.8 Å². The van der Waals surface area contributed by atoms with Crippen LogP contribution in [0.5, 0.6) is 0 Å². The van der Waals surface area contributed by atoms with Gasteiger partial charge in [-0.05, 0) is 31.0 Å². The van der Waals surface area contributed by atoms with Crippen molar-refractivity contribution in [2.45, 2.75) is 25.1 Å². The first-order valence-electron chi connectivity index (χ1n) is 7.49. The minimum atomic E-state index is -4.41. The first kappa shape index (κ1) is 14.9. The third kappa shape index (κ3) is 2.46. The molecule has 2 aromatic heterocycles. The number of hydrogen-bond acceptors (Lipinski definition) is 3. The molecule has 1 fully saturated rings. The number of pyridine rings is 1. The number of nitrogens with zero attached hydrogens (tertiary/aromatic N) is 3. The molecule has 7 heteroatoms. The Morgan fingerprint density at radius 1 is 1.08 bits per heavy atom. The molecule has 0 saturated heterocycles. The van der Waals surface area contributed by atoms with E-state index < -0.39 is 11.7 Å². The van der Waals surface area contributed by atoms with E-state index in [1.807, 2.05) is 0 Å². The molecule has 24 heavy (non-hydrogen) atoms. The predicted molar refractivity (Wildman–Crippen MR) is 82.5 cm³/mol. The summed E-state index contributed by atoms with van der Waals surface area (Å²) in [5.74, 6) is 0. The predicted octanol–water partition coefficient (Wildman–Crippen LogP) is 3.81. The molecule has 0 spiro atoms. The maximum Gasteiger partial charge on any atom is 0.416 e. The maximum atomic E-state index is 12.8. The van der Waals surface area contributed by atoms with Gasteiger partial charge in [0.1, 0.15) is 11.2 Å². The fraction of sp³-hybridized carbons (Fsp3) is 0.235. The zero-order valence-electron chi connectivity index (χ0n) is 12.4. The van der Waals surface area contributed by atoms with Crippen LogP contribution >= 0.6 is 0 Å². The van der Waals surface area contributed by atoms with E-state index in [2.05, 4.69) is 9.97 Å². The summed E-state index contributed by atoms with van der Waals surface area (Å²) in [6.45, 7) is 0. The number of aromatic nitrogens is 3. The molecule has 2 heterocycles. The van der Waals surface area contributed by atoms with Crippen LogP contribution in [0.3, 0.4) is 0 Å². The van der Waals surface area contributed by atoms with Crippen LogP contribution in [-0.2, 0) is 6.18 Å². The molecule has 1 saturated carbocycles. The summed E-state index contributed by atoms with van der Waals surface area (Å²) in [5.41, 5.74) is 0.739. The minimum Gasteiger partial charge on any atom is -0.302 e. The van der Waals surface area contributed by atoms with Crippen LogP contribution in [-0.4, -0.2) is 14.5 Å². The molecule has 0 aliphatic heterocycles. The van der Waals surface area contributed by atoms with E-state index in [4.69, 9.17) is 0 Å². The van der Waals surface area contributed by atoms with Gasteiger partial charge in [0.2, 0.25) is 0 Å². The fourth-order valence-electron chi connectivity index (χ4n) is 2.76. The van der Waals surface area contributed by atoms with Gasteiger partial charge in [0.15, 0.2) is 0 Å². The molecule has 0 N–H and O–H groups in total. The number of fused-ring (bicyclic) bond motifs is 1. The Balaban J connectivity index is 1.91. The third-order valence-electron chi connectivity index (χ3n) is 4.09. The number of hydrogen-bond donors (Lipinski definition) is 0. The van der Waals surface area contributed by atoms with E-state index in [0.717, 1.165) is 25.0 Å². The van der Waals surface area contributed by atoms with Crippen molar-refractivity contribution in [2.24, 2.45) is 0 Å². The normalized spacial score (nSPS) is 15.0. The largest absolute Gasteiger partial charge is 0.416 e. The average Bonchev–Trinajstić information content (AvgIpc) is 3.38. The van der Waals surface area contributed by atoms with Crippen molar-refractivity contribution in [3.8, 4) is 11.3 Å². The fourth-order valence-corrected chi connectivity index (χ4v) is 2.76. The first-order chi connectivity index (χ1) is 11.4. The molecule has 1 aromatic carbocycles. The van der Waals surface area contributed by atoms with Gasteiger partial charge in [-0.3, -0.25) is 9.78 Å². The van der Waals surface area contributed by atoms with Crippen molar-refractivity contribution in [3.05, 3.63) is 58.6 Å². The standard InChI is InChI=1S/C17H12F3N3O/c18-17(19,20)11-3-1-10(2-4-11)15-16(24)23(12-5-6-12)14-7-8-21-9-13(14)22-15/h1-4,7-9,12H,5-6H2. The summed E-state index contributed by atoms with van der Waals surface area (Å²) < 4.78 is 39.8. The maximum absolute atomic E-state index is 12.8. The van der Waals surface area contributed by atoms with Crippen LogP contribution in [0.1, 0.15) is 24.4 Å². The highest BCUT2D eigenvalue weighted by atomic mass is 19.4. The molecule has 122 valence electrons. The molecule has 4 nitrogen and oxygen atoms in total. The van der Waals surface area contributed by atoms with Crippen molar-refractivity contribution < 1.29 is 13.2 Å². The molecule has 0 atom stereocenters. The number of halogens is 3. The molecule has 0 amide bonds. The Morgan fingerprint density at radius 3 is 2.42 bits per heavy atom. The summed E-state index contributed by atoms with van der Waals surface area (Å²) in [5, 5.41) is 0. The number of benzene rings is 1. The first-order valence-corrected chi connectivity index (χ1v) is 7.49. The molecule has 0 unspecified atom stereocenters. The lowest BCUT2D eigenvalue weighted by Crippen LogP contribution is -2.23. The Morgan fingerprint density at radius 2 is 1.79 bits per heavy atom. The van der Waals surface area contributed by atoms with Gasteiger partial charge < -0.3 is 4.57 Å². The lowest BCUT2D eigenvalue weighted by molar-refractivity contribution is -0.137. The highest BCUT2D eigenvalue weighted by molar-refractivity contribution is 5.77. The Labute approximate surface area is 134 Å². The van der Waals surface area contributed by atoms with E-state index in [-0.39, 0.29) is 17.3 Å². The molecule has 1 aliphatic carbocycles. The zero-order chi connectivity index (χ0) is 16.9. The summed E-state index contributed by atoms with van der Waals surface area (Å²) in [6.07, 6.45) is 0.566. The van der Waals surface area contributed by atoms with E-state index in [0.29, 0.717) is 16.6 Å². The van der Waals surface area contributed by atoms with E-state index in [1.54, 1.807) is 23.0 Å². The second kappa shape index (κ2) is 5.15. The van der Waals surface area contributed by atoms with Crippen LogP contribution in [0.2, 0.25) is 0 Å². The quantitative estimate of drug-likeness (QED) is 0.717. The Bertz CT molecular complexity index is 973. The number of alkyl halides is 3. The molecule has 1 aliphatic rings. The molecule has 0 bridgehead atoms. The average molecular weight is 331 g/mol. The van der Waals surface area contributed by atoms with E-state index >= 15 is 0 Å². The van der Waals surface area contributed by atoms with Crippen LogP contribution < -0.4 is 5.56 Å². The molecular weight excluding hydrogens is 319 g/mol. The van der Waals surface area contributed by atoms with Crippen molar-refractivity contribution in [3.63, 3.8) is 0 Å². The van der Waals surface area contributed by atoms with Crippen molar-refractivity contribution >= 4 is 11.0 Å². The van der Waals surface area contributed by atoms with Gasteiger partial charge in [-0.25, -0.2) is 4.98 Å². The summed E-state index contributed by atoms with van der Waals surface area (Å²) in [7, 11) is 0.